The minimum absolute atomic E-state index is 0.0914. The molecule has 7 heteroatoms. The third-order valence-electron chi connectivity index (χ3n) is 4.91. The van der Waals surface area contributed by atoms with Gasteiger partial charge in [0.05, 0.1) is 11.9 Å². The maximum atomic E-state index is 12.8. The fourth-order valence-electron chi connectivity index (χ4n) is 3.47. The van der Waals surface area contributed by atoms with Gasteiger partial charge in [0.25, 0.3) is 0 Å². The number of hydrogen-bond donors (Lipinski definition) is 2. The highest BCUT2D eigenvalue weighted by atomic mass is 32.1. The maximum absolute atomic E-state index is 12.8. The second-order valence-electron chi connectivity index (χ2n) is 6.77. The Morgan fingerprint density at radius 2 is 2.15 bits per heavy atom. The first-order chi connectivity index (χ1) is 12.6. The number of likely N-dealkylation sites (tertiary alicyclic amines) is 1. The van der Waals surface area contributed by atoms with E-state index in [4.69, 9.17) is 0 Å². The molecule has 2 atom stereocenters. The van der Waals surface area contributed by atoms with Gasteiger partial charge in [-0.15, -0.1) is 11.3 Å². The summed E-state index contributed by atoms with van der Waals surface area (Å²) in [7, 11) is 0. The van der Waals surface area contributed by atoms with Crippen LogP contribution in [-0.4, -0.2) is 38.7 Å². The third kappa shape index (κ3) is 3.22. The molecule has 3 heterocycles. The number of nitrogens with zero attached hydrogens (tertiary/aromatic N) is 3. The zero-order valence-corrected chi connectivity index (χ0v) is 15.6. The summed E-state index contributed by atoms with van der Waals surface area (Å²) in [6, 6.07) is 8.71. The number of aromatic nitrogens is 3. The molecule has 0 aliphatic carbocycles. The fourth-order valence-corrected chi connectivity index (χ4v) is 4.12. The second-order valence-corrected chi connectivity index (χ2v) is 7.67. The number of amides is 2. The number of hydrogen-bond acceptors (Lipinski definition) is 4. The molecule has 2 amide bonds. The molecule has 1 aromatic carbocycles. The van der Waals surface area contributed by atoms with Crippen LogP contribution in [0.2, 0.25) is 0 Å². The summed E-state index contributed by atoms with van der Waals surface area (Å²) in [6.07, 6.45) is 4.34. The first-order valence-corrected chi connectivity index (χ1v) is 9.57. The highest BCUT2D eigenvalue weighted by molar-refractivity contribution is 7.13. The Balaban J connectivity index is 1.47. The SMILES string of the molecule is Cc1ccc(C2CC(C)N(C(=O)Nc3cn[nH]c3-c3nccs3)C2)cc1. The Hall–Kier alpha value is -2.67. The summed E-state index contributed by atoms with van der Waals surface area (Å²) in [4.78, 5) is 19.0. The van der Waals surface area contributed by atoms with Crippen molar-refractivity contribution in [1.82, 2.24) is 20.1 Å². The van der Waals surface area contributed by atoms with Crippen LogP contribution in [0.15, 0.2) is 42.0 Å². The fraction of sp³-hybridized carbons (Fsp3) is 0.316. The Morgan fingerprint density at radius 3 is 2.88 bits per heavy atom. The number of aromatic amines is 1. The number of thiazole rings is 1. The monoisotopic (exact) mass is 367 g/mol. The lowest BCUT2D eigenvalue weighted by Gasteiger charge is -2.21. The first kappa shape index (κ1) is 16.8. The minimum atomic E-state index is -0.0914. The predicted molar refractivity (Wildman–Crippen MR) is 103 cm³/mol. The van der Waals surface area contributed by atoms with Gasteiger partial charge in [-0.25, -0.2) is 9.78 Å². The quantitative estimate of drug-likeness (QED) is 0.727. The Labute approximate surface area is 156 Å². The molecule has 0 bridgehead atoms. The average molecular weight is 367 g/mol. The van der Waals surface area contributed by atoms with Gasteiger partial charge in [0.2, 0.25) is 0 Å². The van der Waals surface area contributed by atoms with Crippen molar-refractivity contribution < 1.29 is 4.79 Å². The smallest absolute Gasteiger partial charge is 0.321 e. The molecule has 0 saturated carbocycles. The summed E-state index contributed by atoms with van der Waals surface area (Å²) >= 11 is 1.51. The van der Waals surface area contributed by atoms with Gasteiger partial charge < -0.3 is 10.2 Å². The lowest BCUT2D eigenvalue weighted by atomic mass is 9.96. The number of aryl methyl sites for hydroxylation is 1. The van der Waals surface area contributed by atoms with Crippen LogP contribution in [0.3, 0.4) is 0 Å². The van der Waals surface area contributed by atoms with Crippen LogP contribution in [0.1, 0.15) is 30.4 Å². The Kier molecular flexibility index (Phi) is 4.46. The van der Waals surface area contributed by atoms with E-state index in [1.54, 1.807) is 12.4 Å². The van der Waals surface area contributed by atoms with E-state index in [9.17, 15) is 4.79 Å². The summed E-state index contributed by atoms with van der Waals surface area (Å²) in [6.45, 7) is 4.91. The van der Waals surface area contributed by atoms with E-state index < -0.39 is 0 Å². The van der Waals surface area contributed by atoms with Crippen molar-refractivity contribution in [3.05, 3.63) is 53.2 Å². The van der Waals surface area contributed by atoms with Crippen molar-refractivity contribution in [3.63, 3.8) is 0 Å². The molecule has 134 valence electrons. The highest BCUT2D eigenvalue weighted by Crippen LogP contribution is 2.33. The van der Waals surface area contributed by atoms with Crippen molar-refractivity contribution in [2.45, 2.75) is 32.2 Å². The van der Waals surface area contributed by atoms with E-state index >= 15 is 0 Å². The van der Waals surface area contributed by atoms with Gasteiger partial charge in [-0.1, -0.05) is 29.8 Å². The first-order valence-electron chi connectivity index (χ1n) is 8.69. The Morgan fingerprint density at radius 1 is 1.35 bits per heavy atom. The van der Waals surface area contributed by atoms with Crippen molar-refractivity contribution in [1.29, 1.82) is 0 Å². The van der Waals surface area contributed by atoms with Gasteiger partial charge in [0.15, 0.2) is 0 Å². The number of anilines is 1. The van der Waals surface area contributed by atoms with Crippen molar-refractivity contribution in [2.24, 2.45) is 0 Å². The van der Waals surface area contributed by atoms with E-state index in [1.165, 1.54) is 22.5 Å². The Bertz CT molecular complexity index is 887. The molecule has 4 rings (SSSR count). The molecular weight excluding hydrogens is 346 g/mol. The molecule has 26 heavy (non-hydrogen) atoms. The van der Waals surface area contributed by atoms with E-state index in [-0.39, 0.29) is 12.1 Å². The van der Waals surface area contributed by atoms with E-state index in [1.807, 2.05) is 10.3 Å². The molecule has 2 unspecified atom stereocenters. The van der Waals surface area contributed by atoms with Gasteiger partial charge in [-0.05, 0) is 25.8 Å². The lowest BCUT2D eigenvalue weighted by Crippen LogP contribution is -2.37. The van der Waals surface area contributed by atoms with Gasteiger partial charge in [0.1, 0.15) is 10.7 Å². The van der Waals surface area contributed by atoms with E-state index in [0.717, 1.165) is 23.7 Å². The normalized spacial score (nSPS) is 19.7. The number of urea groups is 1. The zero-order valence-electron chi connectivity index (χ0n) is 14.8. The van der Waals surface area contributed by atoms with Crippen molar-refractivity contribution in [3.8, 4) is 10.7 Å². The molecule has 1 aliphatic heterocycles. The molecule has 0 radical (unpaired) electrons. The van der Waals surface area contributed by atoms with Crippen molar-refractivity contribution in [2.75, 3.05) is 11.9 Å². The largest absolute Gasteiger partial charge is 0.322 e. The number of carbonyl (C=O) groups is 1. The second kappa shape index (κ2) is 6.92. The summed E-state index contributed by atoms with van der Waals surface area (Å²) in [5.41, 5.74) is 3.96. The molecule has 3 aromatic rings. The number of H-pyrrole nitrogens is 1. The van der Waals surface area contributed by atoms with Gasteiger partial charge in [-0.3, -0.25) is 5.10 Å². The predicted octanol–water partition coefficient (Wildman–Crippen LogP) is 4.25. The molecule has 0 spiro atoms. The minimum Gasteiger partial charge on any atom is -0.321 e. The van der Waals surface area contributed by atoms with Crippen LogP contribution in [0.5, 0.6) is 0 Å². The number of rotatable bonds is 3. The van der Waals surface area contributed by atoms with Gasteiger partial charge in [0, 0.05) is 30.1 Å². The van der Waals surface area contributed by atoms with Crippen LogP contribution in [0.4, 0.5) is 10.5 Å². The van der Waals surface area contributed by atoms with Crippen LogP contribution < -0.4 is 5.32 Å². The molecule has 2 N–H and O–H groups in total. The van der Waals surface area contributed by atoms with Gasteiger partial charge >= 0.3 is 6.03 Å². The molecule has 2 aromatic heterocycles. The van der Waals surface area contributed by atoms with E-state index in [2.05, 4.69) is 58.6 Å². The number of nitrogens with one attached hydrogen (secondary N) is 2. The molecule has 1 saturated heterocycles. The molecular formula is C19H21N5OS. The van der Waals surface area contributed by atoms with Crippen LogP contribution in [0.25, 0.3) is 10.7 Å². The zero-order chi connectivity index (χ0) is 18.1. The molecule has 6 nitrogen and oxygen atoms in total. The summed E-state index contributed by atoms with van der Waals surface area (Å²) in [5, 5.41) is 12.7. The van der Waals surface area contributed by atoms with Crippen LogP contribution in [-0.2, 0) is 0 Å². The topological polar surface area (TPSA) is 73.9 Å². The maximum Gasteiger partial charge on any atom is 0.322 e. The molecule has 1 fully saturated rings. The van der Waals surface area contributed by atoms with Crippen molar-refractivity contribution >= 4 is 23.1 Å². The lowest BCUT2D eigenvalue weighted by molar-refractivity contribution is 0.209. The highest BCUT2D eigenvalue weighted by Gasteiger charge is 2.33. The van der Waals surface area contributed by atoms with Crippen LogP contribution in [0, 0.1) is 6.92 Å². The summed E-state index contributed by atoms with van der Waals surface area (Å²) < 4.78 is 0. The molecule has 1 aliphatic rings. The summed E-state index contributed by atoms with van der Waals surface area (Å²) in [5.74, 6) is 0.374. The standard InChI is InChI=1S/C19H21N5OS/c1-12-3-5-14(6-4-12)15-9-13(2)24(11-15)19(25)22-16-10-21-23-17(16)18-20-7-8-26-18/h3-8,10,13,15H,9,11H2,1-2H3,(H,21,23)(H,22,25). The van der Waals surface area contributed by atoms with Crippen LogP contribution >= 0.6 is 11.3 Å². The average Bonchev–Trinajstić information content (AvgIpc) is 3.35. The number of benzene rings is 1. The van der Waals surface area contributed by atoms with E-state index in [0.29, 0.717) is 11.6 Å². The third-order valence-corrected chi connectivity index (χ3v) is 5.70. The van der Waals surface area contributed by atoms with Gasteiger partial charge in [-0.2, -0.15) is 5.10 Å². The number of carbonyl (C=O) groups excluding carboxylic acids is 1.